The van der Waals surface area contributed by atoms with Crippen molar-refractivity contribution in [3.8, 4) is 0 Å². The standard InChI is InChI=1S/C19H32N2O2S3/c1-9-11-21(12-10-2)26(22,23)17-20-13-14(24-17)16(19(6,7)8)25-15(13)18(3,4)5/h9-12H2,1-8H3. The third-order valence-corrected chi connectivity index (χ3v) is 9.59. The number of aromatic nitrogens is 1. The van der Waals surface area contributed by atoms with Gasteiger partial charge in [-0.3, -0.25) is 0 Å². The van der Waals surface area contributed by atoms with Gasteiger partial charge in [0.25, 0.3) is 10.0 Å². The molecule has 0 N–H and O–H groups in total. The van der Waals surface area contributed by atoms with Gasteiger partial charge in [-0.15, -0.1) is 22.7 Å². The van der Waals surface area contributed by atoms with Crippen LogP contribution in [0.25, 0.3) is 10.2 Å². The highest BCUT2D eigenvalue weighted by molar-refractivity contribution is 7.91. The van der Waals surface area contributed by atoms with E-state index in [1.165, 1.54) is 21.1 Å². The zero-order valence-electron chi connectivity index (χ0n) is 17.3. The third kappa shape index (κ3) is 4.16. The van der Waals surface area contributed by atoms with Gasteiger partial charge in [-0.1, -0.05) is 55.4 Å². The van der Waals surface area contributed by atoms with Crippen LogP contribution in [-0.2, 0) is 20.9 Å². The Morgan fingerprint density at radius 3 is 1.81 bits per heavy atom. The van der Waals surface area contributed by atoms with E-state index in [1.807, 2.05) is 13.8 Å². The van der Waals surface area contributed by atoms with E-state index < -0.39 is 10.0 Å². The molecule has 0 saturated carbocycles. The maximum atomic E-state index is 13.2. The summed E-state index contributed by atoms with van der Waals surface area (Å²) >= 11 is 3.13. The van der Waals surface area contributed by atoms with Crippen LogP contribution in [0.5, 0.6) is 0 Å². The lowest BCUT2D eigenvalue weighted by atomic mass is 9.92. The van der Waals surface area contributed by atoms with Gasteiger partial charge >= 0.3 is 0 Å². The molecule has 0 aliphatic heterocycles. The Bertz CT molecular complexity index is 813. The van der Waals surface area contributed by atoms with E-state index in [4.69, 9.17) is 0 Å². The monoisotopic (exact) mass is 416 g/mol. The largest absolute Gasteiger partial charge is 0.270 e. The molecule has 2 aromatic heterocycles. The van der Waals surface area contributed by atoms with Crippen molar-refractivity contribution < 1.29 is 8.42 Å². The third-order valence-electron chi connectivity index (χ3n) is 4.10. The van der Waals surface area contributed by atoms with Gasteiger partial charge in [0, 0.05) is 22.8 Å². The molecule has 0 aliphatic rings. The molecule has 0 aromatic carbocycles. The van der Waals surface area contributed by atoms with Crippen LogP contribution in [0.15, 0.2) is 4.34 Å². The zero-order valence-corrected chi connectivity index (χ0v) is 19.7. The Labute approximate surface area is 166 Å². The van der Waals surface area contributed by atoms with E-state index in [1.54, 1.807) is 15.6 Å². The maximum Gasteiger partial charge on any atom is 0.270 e. The lowest BCUT2D eigenvalue weighted by Gasteiger charge is -2.20. The SMILES string of the molecule is CCCN(CCC)S(=O)(=O)c1nc2c(C(C)(C)C)sc(C(C)(C)C)c2s1. The highest BCUT2D eigenvalue weighted by Gasteiger charge is 2.33. The van der Waals surface area contributed by atoms with Crippen LogP contribution in [0.3, 0.4) is 0 Å². The van der Waals surface area contributed by atoms with Gasteiger partial charge in [-0.05, 0) is 23.7 Å². The summed E-state index contributed by atoms with van der Waals surface area (Å²) in [6.07, 6.45) is 1.61. The van der Waals surface area contributed by atoms with E-state index >= 15 is 0 Å². The van der Waals surface area contributed by atoms with Crippen LogP contribution >= 0.6 is 22.7 Å². The second kappa shape index (κ2) is 7.49. The van der Waals surface area contributed by atoms with Gasteiger partial charge in [0.1, 0.15) is 0 Å². The van der Waals surface area contributed by atoms with Crippen molar-refractivity contribution >= 4 is 42.9 Å². The van der Waals surface area contributed by atoms with Gasteiger partial charge in [0.05, 0.1) is 10.2 Å². The molecule has 2 rings (SSSR count). The lowest BCUT2D eigenvalue weighted by molar-refractivity contribution is 0.409. The van der Waals surface area contributed by atoms with Crippen molar-refractivity contribution in [2.75, 3.05) is 13.1 Å². The number of sulfonamides is 1. The summed E-state index contributed by atoms with van der Waals surface area (Å²) < 4.78 is 29.2. The molecule has 0 amide bonds. The second-order valence-corrected chi connectivity index (χ2v) is 13.0. The van der Waals surface area contributed by atoms with Gasteiger partial charge in [0.2, 0.25) is 4.34 Å². The Kier molecular flexibility index (Phi) is 6.28. The Hall–Kier alpha value is -0.500. The molecule has 2 heterocycles. The molecule has 0 aliphatic carbocycles. The van der Waals surface area contributed by atoms with Crippen LogP contribution in [0.2, 0.25) is 0 Å². The molecule has 0 fully saturated rings. The summed E-state index contributed by atoms with van der Waals surface area (Å²) in [4.78, 5) is 7.07. The van der Waals surface area contributed by atoms with E-state index in [9.17, 15) is 8.42 Å². The molecule has 148 valence electrons. The average Bonchev–Trinajstić information content (AvgIpc) is 3.03. The predicted octanol–water partition coefficient (Wildman–Crippen LogP) is 5.76. The number of thiazole rings is 1. The quantitative estimate of drug-likeness (QED) is 0.601. The number of rotatable bonds is 6. The molecular formula is C19H32N2O2S3. The van der Waals surface area contributed by atoms with Crippen molar-refractivity contribution in [3.05, 3.63) is 9.75 Å². The van der Waals surface area contributed by atoms with E-state index in [0.717, 1.165) is 23.1 Å². The number of hydrogen-bond acceptors (Lipinski definition) is 5. The minimum Gasteiger partial charge on any atom is -0.223 e. The van der Waals surface area contributed by atoms with E-state index in [-0.39, 0.29) is 15.2 Å². The van der Waals surface area contributed by atoms with Crippen molar-refractivity contribution in [2.24, 2.45) is 0 Å². The van der Waals surface area contributed by atoms with E-state index in [2.05, 4.69) is 46.5 Å². The highest BCUT2D eigenvalue weighted by atomic mass is 32.2. The first kappa shape index (κ1) is 21.8. The Morgan fingerprint density at radius 1 is 0.885 bits per heavy atom. The fourth-order valence-corrected chi connectivity index (χ4v) is 7.66. The fourth-order valence-electron chi connectivity index (χ4n) is 2.88. The highest BCUT2D eigenvalue weighted by Crippen LogP contribution is 2.46. The van der Waals surface area contributed by atoms with E-state index in [0.29, 0.717) is 13.1 Å². The number of thiophene rings is 1. The Morgan fingerprint density at radius 2 is 1.38 bits per heavy atom. The number of hydrogen-bond donors (Lipinski definition) is 0. The maximum absolute atomic E-state index is 13.2. The molecule has 0 spiro atoms. The summed E-state index contributed by atoms with van der Waals surface area (Å²) in [6.45, 7) is 18.1. The smallest absolute Gasteiger partial charge is 0.223 e. The van der Waals surface area contributed by atoms with Gasteiger partial charge in [0.15, 0.2) is 0 Å². The Balaban J connectivity index is 2.69. The summed E-state index contributed by atoms with van der Waals surface area (Å²) in [6, 6.07) is 0. The van der Waals surface area contributed by atoms with Crippen molar-refractivity contribution in [1.29, 1.82) is 0 Å². The van der Waals surface area contributed by atoms with Gasteiger partial charge in [-0.25, -0.2) is 13.4 Å². The first-order chi connectivity index (χ1) is 11.8. The molecule has 26 heavy (non-hydrogen) atoms. The topological polar surface area (TPSA) is 50.3 Å². The van der Waals surface area contributed by atoms with Crippen molar-refractivity contribution in [3.63, 3.8) is 0 Å². The van der Waals surface area contributed by atoms with Crippen LogP contribution in [0.1, 0.15) is 78.0 Å². The number of fused-ring (bicyclic) bond motifs is 1. The van der Waals surface area contributed by atoms with Crippen molar-refractivity contribution in [2.45, 2.75) is 83.4 Å². The van der Waals surface area contributed by atoms with Crippen LogP contribution in [-0.4, -0.2) is 30.8 Å². The summed E-state index contributed by atoms with van der Waals surface area (Å²) in [5.41, 5.74) is 0.782. The molecule has 0 atom stereocenters. The molecule has 0 saturated heterocycles. The minimum atomic E-state index is -3.54. The second-order valence-electron chi connectivity index (χ2n) is 8.82. The lowest BCUT2D eigenvalue weighted by Crippen LogP contribution is -2.32. The predicted molar refractivity (Wildman–Crippen MR) is 114 cm³/mol. The first-order valence-electron chi connectivity index (χ1n) is 9.28. The summed E-state index contributed by atoms with van der Waals surface area (Å²) in [7, 11) is -3.54. The first-order valence-corrected chi connectivity index (χ1v) is 12.4. The average molecular weight is 417 g/mol. The fraction of sp³-hybridized carbons (Fsp3) is 0.737. The zero-order chi connectivity index (χ0) is 19.9. The molecular weight excluding hydrogens is 384 g/mol. The normalized spacial score (nSPS) is 13.9. The summed E-state index contributed by atoms with van der Waals surface area (Å²) in [5, 5.41) is 0. The van der Waals surface area contributed by atoms with Crippen molar-refractivity contribution in [1.82, 2.24) is 9.29 Å². The van der Waals surface area contributed by atoms with Gasteiger partial charge < -0.3 is 0 Å². The minimum absolute atomic E-state index is 0.0352. The van der Waals surface area contributed by atoms with Crippen LogP contribution < -0.4 is 0 Å². The molecule has 2 aromatic rings. The number of nitrogens with zero attached hydrogens (tertiary/aromatic N) is 2. The molecule has 0 unspecified atom stereocenters. The van der Waals surface area contributed by atoms with Crippen LogP contribution in [0, 0.1) is 0 Å². The molecule has 0 radical (unpaired) electrons. The molecule has 0 bridgehead atoms. The van der Waals surface area contributed by atoms with Gasteiger partial charge in [-0.2, -0.15) is 4.31 Å². The molecule has 7 heteroatoms. The van der Waals surface area contributed by atoms with Crippen LogP contribution in [0.4, 0.5) is 0 Å². The molecule has 4 nitrogen and oxygen atoms in total. The summed E-state index contributed by atoms with van der Waals surface area (Å²) in [5.74, 6) is 0.